The third-order valence-corrected chi connectivity index (χ3v) is 6.50. The lowest BCUT2D eigenvalue weighted by Crippen LogP contribution is -2.72. The summed E-state index contributed by atoms with van der Waals surface area (Å²) in [6.07, 6.45) is 2.07. The van der Waals surface area contributed by atoms with E-state index in [1.807, 2.05) is 27.7 Å². The van der Waals surface area contributed by atoms with Crippen molar-refractivity contribution < 1.29 is 24.0 Å². The number of rotatable bonds is 15. The molecule has 0 aromatic rings. The van der Waals surface area contributed by atoms with Crippen LogP contribution in [0.3, 0.4) is 0 Å². The largest absolute Gasteiger partial charge is 0.358 e. The minimum Gasteiger partial charge on any atom is -0.358 e. The van der Waals surface area contributed by atoms with Gasteiger partial charge in [-0.3, -0.25) is 24.1 Å². The molecule has 4 amide bonds. The van der Waals surface area contributed by atoms with E-state index in [1.165, 1.54) is 25.9 Å². The van der Waals surface area contributed by atoms with Crippen molar-refractivity contribution in [3.63, 3.8) is 0 Å². The Kier molecular flexibility index (Phi) is 13.3. The van der Waals surface area contributed by atoms with Gasteiger partial charge in [0, 0.05) is 14.1 Å². The Bertz CT molecular complexity index is 774. The van der Waals surface area contributed by atoms with E-state index in [-0.39, 0.29) is 17.7 Å². The van der Waals surface area contributed by atoms with Gasteiger partial charge in [-0.15, -0.1) is 0 Å². The highest BCUT2D eigenvalue weighted by Gasteiger charge is 2.49. The Morgan fingerprint density at radius 2 is 1.36 bits per heavy atom. The van der Waals surface area contributed by atoms with Crippen LogP contribution in [0.5, 0.6) is 0 Å². The second-order valence-corrected chi connectivity index (χ2v) is 10.7. The zero-order chi connectivity index (χ0) is 28.4. The van der Waals surface area contributed by atoms with Crippen molar-refractivity contribution in [2.24, 2.45) is 17.8 Å². The molecule has 0 radical (unpaired) electrons. The van der Waals surface area contributed by atoms with Gasteiger partial charge >= 0.3 is 6.03 Å². The average molecular weight is 513 g/mol. The molecule has 0 aromatic carbocycles. The summed E-state index contributed by atoms with van der Waals surface area (Å²) in [4.78, 5) is 66.4. The molecule has 0 bridgehead atoms. The summed E-state index contributed by atoms with van der Waals surface area (Å²) < 4.78 is 0. The molecule has 0 rings (SSSR count). The van der Waals surface area contributed by atoms with Crippen LogP contribution in [0.15, 0.2) is 0 Å². The molecule has 0 saturated heterocycles. The SMILES string of the molecule is CNC(=O)C(CC(C)C)N(C)C(C=O)(C(C)C)N(C)C(=O)NC(C)(C=O)NC(=O)C(CC(C)C)NC. The number of hydrogen-bond donors (Lipinski definition) is 4. The lowest BCUT2D eigenvalue weighted by Gasteiger charge is -2.49. The summed E-state index contributed by atoms with van der Waals surface area (Å²) in [6.45, 7) is 12.8. The van der Waals surface area contributed by atoms with Crippen LogP contribution in [0.4, 0.5) is 4.79 Å². The summed E-state index contributed by atoms with van der Waals surface area (Å²) in [5, 5.41) is 10.7. The second-order valence-electron chi connectivity index (χ2n) is 10.7. The molecular weight excluding hydrogens is 464 g/mol. The summed E-state index contributed by atoms with van der Waals surface area (Å²) in [5.41, 5.74) is -3.24. The van der Waals surface area contributed by atoms with E-state index >= 15 is 0 Å². The molecule has 0 aliphatic heterocycles. The van der Waals surface area contributed by atoms with E-state index in [0.717, 1.165) is 0 Å². The number of nitrogens with zero attached hydrogens (tertiary/aromatic N) is 2. The van der Waals surface area contributed by atoms with Gasteiger partial charge in [0.15, 0.2) is 23.9 Å². The van der Waals surface area contributed by atoms with Gasteiger partial charge in [-0.1, -0.05) is 41.5 Å². The molecular formula is C25H48N6O5. The van der Waals surface area contributed by atoms with Gasteiger partial charge in [0.1, 0.15) is 0 Å². The highest BCUT2D eigenvalue weighted by atomic mass is 16.2. The summed E-state index contributed by atoms with van der Waals surface area (Å²) in [6, 6.07) is -2.01. The van der Waals surface area contributed by atoms with Gasteiger partial charge in [-0.2, -0.15) is 0 Å². The number of amides is 4. The Balaban J connectivity index is 6.15. The third-order valence-electron chi connectivity index (χ3n) is 6.50. The fraction of sp³-hybridized carbons (Fsp3) is 0.800. The van der Waals surface area contributed by atoms with Crippen LogP contribution in [0.25, 0.3) is 0 Å². The van der Waals surface area contributed by atoms with Crippen molar-refractivity contribution in [1.29, 1.82) is 0 Å². The van der Waals surface area contributed by atoms with E-state index in [9.17, 15) is 24.0 Å². The normalized spacial score (nSPS) is 16.6. The maximum absolute atomic E-state index is 13.4. The topological polar surface area (TPSA) is 140 Å². The lowest BCUT2D eigenvalue weighted by molar-refractivity contribution is -0.144. The fourth-order valence-corrected chi connectivity index (χ4v) is 4.36. The monoisotopic (exact) mass is 512 g/mol. The molecule has 0 aromatic heterocycles. The first-order valence-corrected chi connectivity index (χ1v) is 12.5. The van der Waals surface area contributed by atoms with E-state index in [2.05, 4.69) is 21.3 Å². The van der Waals surface area contributed by atoms with Crippen molar-refractivity contribution in [3.05, 3.63) is 0 Å². The molecule has 4 atom stereocenters. The van der Waals surface area contributed by atoms with E-state index in [1.54, 1.807) is 32.8 Å². The number of hydrogen-bond acceptors (Lipinski definition) is 7. The second kappa shape index (κ2) is 14.3. The number of urea groups is 1. The Labute approximate surface area is 216 Å². The van der Waals surface area contributed by atoms with Crippen molar-refractivity contribution in [2.45, 2.75) is 84.7 Å². The van der Waals surface area contributed by atoms with E-state index < -0.39 is 41.3 Å². The number of likely N-dealkylation sites (N-methyl/N-ethyl adjacent to an activating group) is 4. The molecule has 11 nitrogen and oxygen atoms in total. The van der Waals surface area contributed by atoms with Crippen LogP contribution < -0.4 is 21.3 Å². The summed E-state index contributed by atoms with van der Waals surface area (Å²) >= 11 is 0. The molecule has 11 heteroatoms. The predicted molar refractivity (Wildman–Crippen MR) is 140 cm³/mol. The van der Waals surface area contributed by atoms with Gasteiger partial charge < -0.3 is 26.2 Å². The Hall–Kier alpha value is -2.53. The maximum Gasteiger partial charge on any atom is 0.321 e. The van der Waals surface area contributed by atoms with Crippen LogP contribution in [-0.4, -0.2) is 91.8 Å². The van der Waals surface area contributed by atoms with Crippen LogP contribution in [-0.2, 0) is 19.2 Å². The Morgan fingerprint density at radius 1 is 0.833 bits per heavy atom. The number of aldehydes is 2. The van der Waals surface area contributed by atoms with E-state index in [4.69, 9.17) is 0 Å². The fourth-order valence-electron chi connectivity index (χ4n) is 4.36. The molecule has 0 spiro atoms. The number of carbonyl (C=O) groups is 5. The summed E-state index contributed by atoms with van der Waals surface area (Å²) in [7, 11) is 6.23. The van der Waals surface area contributed by atoms with Gasteiger partial charge in [-0.05, 0) is 51.6 Å². The zero-order valence-electron chi connectivity index (χ0n) is 23.9. The molecule has 0 saturated carbocycles. The first-order valence-electron chi connectivity index (χ1n) is 12.5. The Morgan fingerprint density at radius 3 is 1.72 bits per heavy atom. The average Bonchev–Trinajstić information content (AvgIpc) is 2.80. The predicted octanol–water partition coefficient (Wildman–Crippen LogP) is 0.937. The minimum atomic E-state index is -1.73. The summed E-state index contributed by atoms with van der Waals surface area (Å²) in [5.74, 6) is -0.773. The molecule has 208 valence electrons. The molecule has 4 N–H and O–H groups in total. The molecule has 0 aliphatic rings. The molecule has 4 unspecified atom stereocenters. The zero-order valence-corrected chi connectivity index (χ0v) is 23.9. The van der Waals surface area contributed by atoms with Gasteiger partial charge in [0.05, 0.1) is 12.1 Å². The van der Waals surface area contributed by atoms with Crippen molar-refractivity contribution >= 4 is 30.4 Å². The number of nitrogens with one attached hydrogen (secondary N) is 4. The first kappa shape index (κ1) is 33.5. The van der Waals surface area contributed by atoms with Crippen molar-refractivity contribution in [3.8, 4) is 0 Å². The minimum absolute atomic E-state index is 0.143. The number of carbonyl (C=O) groups excluding carboxylic acids is 5. The van der Waals surface area contributed by atoms with E-state index in [0.29, 0.717) is 25.4 Å². The lowest BCUT2D eigenvalue weighted by atomic mass is 9.90. The van der Waals surface area contributed by atoms with Crippen LogP contribution in [0.1, 0.15) is 61.3 Å². The van der Waals surface area contributed by atoms with Crippen LogP contribution in [0, 0.1) is 17.8 Å². The maximum atomic E-state index is 13.4. The van der Waals surface area contributed by atoms with Crippen molar-refractivity contribution in [1.82, 2.24) is 31.1 Å². The first-order chi connectivity index (χ1) is 16.6. The third kappa shape index (κ3) is 8.26. The van der Waals surface area contributed by atoms with Gasteiger partial charge in [0.25, 0.3) is 0 Å². The molecule has 36 heavy (non-hydrogen) atoms. The standard InChI is InChI=1S/C25H48N6O5/c1-16(2)12-19(26-8)21(34)28-24(7,14-32)29-23(36)31(11)25(15-33,18(5)6)30(10)20(13-17(3)4)22(35)27-9/h14-20,26H,12-13H2,1-11H3,(H,27,35)(H,28,34)(H,29,36). The smallest absolute Gasteiger partial charge is 0.321 e. The molecule has 0 aliphatic carbocycles. The van der Waals surface area contributed by atoms with Gasteiger partial charge in [-0.25, -0.2) is 4.79 Å². The highest BCUT2D eigenvalue weighted by Crippen LogP contribution is 2.30. The van der Waals surface area contributed by atoms with Crippen molar-refractivity contribution in [2.75, 3.05) is 28.2 Å². The van der Waals surface area contributed by atoms with Gasteiger partial charge in [0.2, 0.25) is 11.8 Å². The van der Waals surface area contributed by atoms with Crippen LogP contribution in [0.2, 0.25) is 0 Å². The molecule has 0 fully saturated rings. The highest BCUT2D eigenvalue weighted by molar-refractivity contribution is 5.89. The van der Waals surface area contributed by atoms with Crippen LogP contribution >= 0.6 is 0 Å². The quantitative estimate of drug-likeness (QED) is 0.189. The molecule has 0 heterocycles.